The molecule has 0 N–H and O–H groups in total. The van der Waals surface area contributed by atoms with E-state index in [-0.39, 0.29) is 0 Å². The SMILES string of the molecule is CCCCCCCCOc1cc(I)c(I)cc1OCCCCCCCC. The molecule has 0 aliphatic heterocycles. The van der Waals surface area contributed by atoms with Gasteiger partial charge in [-0.05, 0) is 70.2 Å². The molecule has 0 bridgehead atoms. The van der Waals surface area contributed by atoms with Crippen molar-refractivity contribution in [2.45, 2.75) is 90.9 Å². The van der Waals surface area contributed by atoms with E-state index in [1.54, 1.807) is 0 Å². The Kier molecular flexibility index (Phi) is 15.2. The Morgan fingerprint density at radius 1 is 0.577 bits per heavy atom. The summed E-state index contributed by atoms with van der Waals surface area (Å²) in [5, 5.41) is 0. The van der Waals surface area contributed by atoms with Gasteiger partial charge in [0.25, 0.3) is 0 Å². The molecule has 0 aliphatic rings. The number of hydrogen-bond acceptors (Lipinski definition) is 2. The van der Waals surface area contributed by atoms with Crippen molar-refractivity contribution in [3.8, 4) is 11.5 Å². The Labute approximate surface area is 188 Å². The molecule has 0 atom stereocenters. The van der Waals surface area contributed by atoms with Gasteiger partial charge in [-0.2, -0.15) is 0 Å². The van der Waals surface area contributed by atoms with Crippen molar-refractivity contribution in [2.24, 2.45) is 0 Å². The van der Waals surface area contributed by atoms with Crippen molar-refractivity contribution in [3.63, 3.8) is 0 Å². The van der Waals surface area contributed by atoms with E-state index in [0.29, 0.717) is 0 Å². The van der Waals surface area contributed by atoms with Crippen LogP contribution in [0.2, 0.25) is 0 Å². The number of benzene rings is 1. The van der Waals surface area contributed by atoms with E-state index >= 15 is 0 Å². The normalized spacial score (nSPS) is 10.9. The Bertz CT molecular complexity index is 434. The molecular weight excluding hydrogens is 550 g/mol. The van der Waals surface area contributed by atoms with E-state index in [2.05, 4.69) is 71.2 Å². The van der Waals surface area contributed by atoms with E-state index in [1.807, 2.05) is 0 Å². The minimum Gasteiger partial charge on any atom is -0.490 e. The average Bonchev–Trinajstić information content (AvgIpc) is 2.63. The van der Waals surface area contributed by atoms with E-state index in [9.17, 15) is 0 Å². The van der Waals surface area contributed by atoms with Gasteiger partial charge in [-0.15, -0.1) is 0 Å². The Morgan fingerprint density at radius 2 is 0.923 bits per heavy atom. The molecule has 150 valence electrons. The van der Waals surface area contributed by atoms with Crippen LogP contribution in [0.15, 0.2) is 12.1 Å². The first-order chi connectivity index (χ1) is 12.7. The van der Waals surface area contributed by atoms with Gasteiger partial charge in [0.1, 0.15) is 0 Å². The zero-order valence-corrected chi connectivity index (χ0v) is 20.9. The Balaban J connectivity index is 2.35. The maximum atomic E-state index is 6.06. The van der Waals surface area contributed by atoms with Gasteiger partial charge in [0.2, 0.25) is 0 Å². The number of halogens is 2. The summed E-state index contributed by atoms with van der Waals surface area (Å²) in [4.78, 5) is 0. The van der Waals surface area contributed by atoms with Crippen LogP contribution in [0.4, 0.5) is 0 Å². The number of ether oxygens (including phenoxy) is 2. The van der Waals surface area contributed by atoms with Crippen molar-refractivity contribution in [1.29, 1.82) is 0 Å². The molecule has 0 amide bonds. The molecule has 4 heteroatoms. The fourth-order valence-electron chi connectivity index (χ4n) is 2.86. The fourth-order valence-corrected chi connectivity index (χ4v) is 3.74. The topological polar surface area (TPSA) is 18.5 Å². The first-order valence-electron chi connectivity index (χ1n) is 10.4. The zero-order valence-electron chi connectivity index (χ0n) is 16.6. The average molecular weight is 586 g/mol. The summed E-state index contributed by atoms with van der Waals surface area (Å²) < 4.78 is 14.6. The van der Waals surface area contributed by atoms with Crippen LogP contribution < -0.4 is 9.47 Å². The molecule has 0 saturated heterocycles. The second-order valence-electron chi connectivity index (χ2n) is 6.95. The van der Waals surface area contributed by atoms with Crippen LogP contribution in [0.25, 0.3) is 0 Å². The quantitative estimate of drug-likeness (QED) is 0.143. The third-order valence-corrected chi connectivity index (χ3v) is 7.31. The predicted octanol–water partition coefficient (Wildman–Crippen LogP) is 8.37. The molecule has 2 nitrogen and oxygen atoms in total. The molecule has 1 rings (SSSR count). The molecule has 0 aromatic heterocycles. The summed E-state index contributed by atoms with van der Waals surface area (Å²) in [7, 11) is 0. The third-order valence-electron chi connectivity index (χ3n) is 4.50. The van der Waals surface area contributed by atoms with Gasteiger partial charge in [-0.3, -0.25) is 0 Å². The van der Waals surface area contributed by atoms with Crippen molar-refractivity contribution in [2.75, 3.05) is 13.2 Å². The molecular formula is C22H36I2O2. The molecule has 0 fully saturated rings. The number of hydrogen-bond donors (Lipinski definition) is 0. The summed E-state index contributed by atoms with van der Waals surface area (Å²) >= 11 is 4.74. The highest BCUT2D eigenvalue weighted by atomic mass is 127. The lowest BCUT2D eigenvalue weighted by Crippen LogP contribution is -2.04. The zero-order chi connectivity index (χ0) is 19.0. The minimum absolute atomic E-state index is 0.788. The van der Waals surface area contributed by atoms with Gasteiger partial charge in [-0.25, -0.2) is 0 Å². The van der Waals surface area contributed by atoms with Crippen LogP contribution in [0.1, 0.15) is 90.9 Å². The molecule has 0 spiro atoms. The van der Waals surface area contributed by atoms with Crippen LogP contribution in [0.3, 0.4) is 0 Å². The monoisotopic (exact) mass is 586 g/mol. The van der Waals surface area contributed by atoms with Crippen LogP contribution in [-0.4, -0.2) is 13.2 Å². The van der Waals surface area contributed by atoms with E-state index in [4.69, 9.17) is 9.47 Å². The molecule has 0 aliphatic carbocycles. The van der Waals surface area contributed by atoms with Crippen molar-refractivity contribution < 1.29 is 9.47 Å². The van der Waals surface area contributed by atoms with E-state index in [1.165, 1.54) is 71.3 Å². The molecule has 0 unspecified atom stereocenters. The van der Waals surface area contributed by atoms with Gasteiger partial charge in [0, 0.05) is 7.14 Å². The van der Waals surface area contributed by atoms with Gasteiger partial charge in [0.05, 0.1) is 13.2 Å². The summed E-state index contributed by atoms with van der Waals surface area (Å²) in [6.45, 7) is 6.09. The minimum atomic E-state index is 0.788. The molecule has 0 radical (unpaired) electrons. The molecule has 1 aromatic carbocycles. The lowest BCUT2D eigenvalue weighted by Gasteiger charge is -2.14. The summed E-state index contributed by atoms with van der Waals surface area (Å²) in [5.74, 6) is 1.82. The van der Waals surface area contributed by atoms with Crippen LogP contribution >= 0.6 is 45.2 Å². The standard InChI is InChI=1S/C22H36I2O2/c1-3-5-7-9-11-13-15-25-21-17-19(23)20(24)18-22(21)26-16-14-12-10-8-6-4-2/h17-18H,3-16H2,1-2H3. The van der Waals surface area contributed by atoms with Crippen LogP contribution in [0, 0.1) is 7.14 Å². The predicted molar refractivity (Wildman–Crippen MR) is 130 cm³/mol. The second-order valence-corrected chi connectivity index (χ2v) is 9.27. The second kappa shape index (κ2) is 16.3. The third kappa shape index (κ3) is 11.2. The van der Waals surface area contributed by atoms with Gasteiger partial charge < -0.3 is 9.47 Å². The molecule has 26 heavy (non-hydrogen) atoms. The smallest absolute Gasteiger partial charge is 0.162 e. The van der Waals surface area contributed by atoms with Gasteiger partial charge in [-0.1, -0.05) is 78.1 Å². The van der Waals surface area contributed by atoms with Crippen LogP contribution in [-0.2, 0) is 0 Å². The Morgan fingerprint density at radius 3 is 1.31 bits per heavy atom. The molecule has 0 heterocycles. The number of unbranched alkanes of at least 4 members (excludes halogenated alkanes) is 10. The molecule has 1 aromatic rings. The van der Waals surface area contributed by atoms with Crippen LogP contribution in [0.5, 0.6) is 11.5 Å². The summed E-state index contributed by atoms with van der Waals surface area (Å²) in [6.07, 6.45) is 15.4. The summed E-state index contributed by atoms with van der Waals surface area (Å²) in [6, 6.07) is 4.24. The van der Waals surface area contributed by atoms with Gasteiger partial charge >= 0.3 is 0 Å². The fraction of sp³-hybridized carbons (Fsp3) is 0.727. The lowest BCUT2D eigenvalue weighted by molar-refractivity contribution is 0.258. The Hall–Kier alpha value is 0.280. The van der Waals surface area contributed by atoms with E-state index < -0.39 is 0 Å². The maximum Gasteiger partial charge on any atom is 0.162 e. The van der Waals surface area contributed by atoms with E-state index in [0.717, 1.165) is 37.6 Å². The highest BCUT2D eigenvalue weighted by Crippen LogP contribution is 2.33. The highest BCUT2D eigenvalue weighted by molar-refractivity contribution is 14.1. The largest absolute Gasteiger partial charge is 0.490 e. The first-order valence-corrected chi connectivity index (χ1v) is 12.6. The molecule has 0 saturated carbocycles. The maximum absolute atomic E-state index is 6.06. The number of rotatable bonds is 16. The van der Waals surface area contributed by atoms with Crippen molar-refractivity contribution in [1.82, 2.24) is 0 Å². The lowest BCUT2D eigenvalue weighted by atomic mass is 10.1. The van der Waals surface area contributed by atoms with Gasteiger partial charge in [0.15, 0.2) is 11.5 Å². The summed E-state index contributed by atoms with van der Waals surface area (Å²) in [5.41, 5.74) is 0. The van der Waals surface area contributed by atoms with Crippen molar-refractivity contribution >= 4 is 45.2 Å². The highest BCUT2D eigenvalue weighted by Gasteiger charge is 2.10. The van der Waals surface area contributed by atoms with Crippen molar-refractivity contribution in [3.05, 3.63) is 19.3 Å². The first kappa shape index (κ1) is 24.3.